The number of carbonyl (C=O) groups excluding carboxylic acids is 1. The van der Waals surface area contributed by atoms with Crippen molar-refractivity contribution in [1.29, 1.82) is 0 Å². The van der Waals surface area contributed by atoms with Crippen LogP contribution in [0.4, 0.5) is 0 Å². The third-order valence-electron chi connectivity index (χ3n) is 2.70. The second-order valence-electron chi connectivity index (χ2n) is 5.78. The molecular weight excluding hydrogens is 244 g/mol. The normalized spacial score (nSPS) is 11.8. The molecule has 0 aliphatic carbocycles. The summed E-state index contributed by atoms with van der Waals surface area (Å²) >= 11 is 0. The van der Waals surface area contributed by atoms with Crippen molar-refractivity contribution < 1.29 is 9.53 Å². The Kier molecular flexibility index (Phi) is 5.75. The molecule has 0 saturated carbocycles. The highest BCUT2D eigenvalue weighted by molar-refractivity contribution is 6.76. The molecule has 18 heavy (non-hydrogen) atoms. The summed E-state index contributed by atoms with van der Waals surface area (Å²) in [6.45, 7) is 10.3. The third kappa shape index (κ3) is 5.14. The summed E-state index contributed by atoms with van der Waals surface area (Å²) in [6, 6.07) is 1.14. The van der Waals surface area contributed by atoms with E-state index in [1.807, 2.05) is 6.20 Å². The molecule has 0 radical (unpaired) electrons. The molecule has 0 fully saturated rings. The van der Waals surface area contributed by atoms with E-state index < -0.39 is 8.07 Å². The minimum atomic E-state index is -1.04. The first kappa shape index (κ1) is 15.1. The van der Waals surface area contributed by atoms with Gasteiger partial charge in [0.15, 0.2) is 12.1 Å². The number of imidazole rings is 1. The Morgan fingerprint density at radius 2 is 2.17 bits per heavy atom. The van der Waals surface area contributed by atoms with Gasteiger partial charge < -0.3 is 9.30 Å². The van der Waals surface area contributed by atoms with E-state index in [-0.39, 0.29) is 0 Å². The van der Waals surface area contributed by atoms with Gasteiger partial charge in [0.2, 0.25) is 0 Å². The fraction of sp³-hybridized carbons (Fsp3) is 0.692. The van der Waals surface area contributed by atoms with Crippen LogP contribution in [0.3, 0.4) is 0 Å². The van der Waals surface area contributed by atoms with Gasteiger partial charge in [-0.05, 0) is 12.5 Å². The SMILES string of the molecule is CCCc1cn(COCC[Si](C)(C)C)c(C=O)n1. The highest BCUT2D eigenvalue weighted by Crippen LogP contribution is 2.09. The van der Waals surface area contributed by atoms with Gasteiger partial charge in [-0.15, -0.1) is 0 Å². The van der Waals surface area contributed by atoms with Crippen molar-refractivity contribution >= 4 is 14.4 Å². The Labute approximate surface area is 110 Å². The number of rotatable bonds is 8. The lowest BCUT2D eigenvalue weighted by Crippen LogP contribution is -2.22. The highest BCUT2D eigenvalue weighted by Gasteiger charge is 2.12. The van der Waals surface area contributed by atoms with Crippen LogP contribution in [0.5, 0.6) is 0 Å². The van der Waals surface area contributed by atoms with Gasteiger partial charge in [0.1, 0.15) is 6.73 Å². The molecule has 1 aromatic rings. The Morgan fingerprint density at radius 1 is 1.44 bits per heavy atom. The zero-order valence-corrected chi connectivity index (χ0v) is 12.9. The smallest absolute Gasteiger partial charge is 0.185 e. The fourth-order valence-electron chi connectivity index (χ4n) is 1.60. The molecule has 1 aromatic heterocycles. The maximum Gasteiger partial charge on any atom is 0.185 e. The molecule has 102 valence electrons. The Balaban J connectivity index is 2.48. The van der Waals surface area contributed by atoms with Gasteiger partial charge in [-0.2, -0.15) is 0 Å². The second-order valence-corrected chi connectivity index (χ2v) is 11.4. The molecule has 1 rings (SSSR count). The Morgan fingerprint density at radius 3 is 2.72 bits per heavy atom. The molecule has 5 heteroatoms. The van der Waals surface area contributed by atoms with Crippen LogP contribution in [0.25, 0.3) is 0 Å². The maximum absolute atomic E-state index is 10.9. The van der Waals surface area contributed by atoms with Gasteiger partial charge in [0.25, 0.3) is 0 Å². The third-order valence-corrected chi connectivity index (χ3v) is 4.40. The van der Waals surface area contributed by atoms with Crippen LogP contribution >= 0.6 is 0 Å². The van der Waals surface area contributed by atoms with Crippen molar-refractivity contribution in [2.45, 2.75) is 52.2 Å². The number of nitrogens with zero attached hydrogens (tertiary/aromatic N) is 2. The van der Waals surface area contributed by atoms with Gasteiger partial charge in [-0.3, -0.25) is 4.79 Å². The van der Waals surface area contributed by atoms with Gasteiger partial charge in [0.05, 0.1) is 5.69 Å². The first-order valence-corrected chi connectivity index (χ1v) is 10.3. The van der Waals surface area contributed by atoms with E-state index >= 15 is 0 Å². The fourth-order valence-corrected chi connectivity index (χ4v) is 2.36. The van der Waals surface area contributed by atoms with Crippen LogP contribution in [0.2, 0.25) is 25.7 Å². The van der Waals surface area contributed by atoms with Crippen molar-refractivity contribution in [3.63, 3.8) is 0 Å². The Hall–Kier alpha value is -0.943. The monoisotopic (exact) mass is 268 g/mol. The summed E-state index contributed by atoms with van der Waals surface area (Å²) < 4.78 is 7.42. The van der Waals surface area contributed by atoms with Crippen LogP contribution in [-0.2, 0) is 17.9 Å². The lowest BCUT2D eigenvalue weighted by Gasteiger charge is -2.15. The van der Waals surface area contributed by atoms with Gasteiger partial charge >= 0.3 is 0 Å². The number of hydrogen-bond acceptors (Lipinski definition) is 3. The molecule has 0 N–H and O–H groups in total. The molecule has 4 nitrogen and oxygen atoms in total. The predicted molar refractivity (Wildman–Crippen MR) is 75.7 cm³/mol. The lowest BCUT2D eigenvalue weighted by atomic mass is 10.3. The molecule has 0 aromatic carbocycles. The topological polar surface area (TPSA) is 44.1 Å². The van der Waals surface area contributed by atoms with Crippen molar-refractivity contribution in [3.05, 3.63) is 17.7 Å². The summed E-state index contributed by atoms with van der Waals surface area (Å²) in [7, 11) is -1.04. The number of aryl methyl sites for hydroxylation is 1. The Bertz CT molecular complexity index is 383. The lowest BCUT2D eigenvalue weighted by molar-refractivity contribution is 0.0831. The zero-order valence-electron chi connectivity index (χ0n) is 11.9. The van der Waals surface area contributed by atoms with Crippen LogP contribution in [0.1, 0.15) is 29.7 Å². The molecule has 0 unspecified atom stereocenters. The van der Waals surface area contributed by atoms with Crippen molar-refractivity contribution in [1.82, 2.24) is 9.55 Å². The summed E-state index contributed by atoms with van der Waals surface area (Å²) in [4.78, 5) is 15.2. The standard InChI is InChI=1S/C13H24N2O2Si/c1-5-6-12-9-15(13(10-16)14-12)11-17-7-8-18(2,3)4/h9-10H,5-8,11H2,1-4H3. The molecular formula is C13H24N2O2Si. The van der Waals surface area contributed by atoms with Crippen LogP contribution in [0, 0.1) is 0 Å². The number of carbonyl (C=O) groups is 1. The minimum Gasteiger partial charge on any atom is -0.361 e. The van der Waals surface area contributed by atoms with E-state index in [2.05, 4.69) is 31.5 Å². The maximum atomic E-state index is 10.9. The van der Waals surface area contributed by atoms with E-state index in [0.717, 1.165) is 37.5 Å². The molecule has 0 saturated heterocycles. The van der Waals surface area contributed by atoms with Crippen molar-refractivity contribution in [3.8, 4) is 0 Å². The van der Waals surface area contributed by atoms with Crippen LogP contribution < -0.4 is 0 Å². The van der Waals surface area contributed by atoms with Crippen LogP contribution in [0.15, 0.2) is 6.20 Å². The van der Waals surface area contributed by atoms with Gasteiger partial charge in [-0.25, -0.2) is 4.98 Å². The summed E-state index contributed by atoms with van der Waals surface area (Å²) in [5.74, 6) is 0.464. The molecule has 1 heterocycles. The summed E-state index contributed by atoms with van der Waals surface area (Å²) in [5, 5.41) is 0. The molecule has 0 atom stereocenters. The van der Waals surface area contributed by atoms with Crippen molar-refractivity contribution in [2.75, 3.05) is 6.61 Å². The highest BCUT2D eigenvalue weighted by atomic mass is 28.3. The number of aromatic nitrogens is 2. The first-order chi connectivity index (χ1) is 8.46. The average molecular weight is 268 g/mol. The van der Waals surface area contributed by atoms with E-state index in [0.29, 0.717) is 12.6 Å². The van der Waals surface area contributed by atoms with Crippen LogP contribution in [-0.4, -0.2) is 30.5 Å². The molecule has 0 aliphatic heterocycles. The summed E-state index contributed by atoms with van der Waals surface area (Å²) in [5.41, 5.74) is 0.966. The first-order valence-electron chi connectivity index (χ1n) is 6.55. The van der Waals surface area contributed by atoms with E-state index in [4.69, 9.17) is 4.74 Å². The minimum absolute atomic E-state index is 0.426. The van der Waals surface area contributed by atoms with Crippen molar-refractivity contribution in [2.24, 2.45) is 0 Å². The quantitative estimate of drug-likeness (QED) is 0.413. The summed E-state index contributed by atoms with van der Waals surface area (Å²) in [6.07, 6.45) is 4.65. The zero-order chi connectivity index (χ0) is 13.6. The number of hydrogen-bond donors (Lipinski definition) is 0. The van der Waals surface area contributed by atoms with Gasteiger partial charge in [-0.1, -0.05) is 33.0 Å². The second kappa shape index (κ2) is 6.85. The molecule has 0 bridgehead atoms. The average Bonchev–Trinajstić information content (AvgIpc) is 2.66. The predicted octanol–water partition coefficient (Wildman–Crippen LogP) is 2.96. The molecule has 0 spiro atoms. The number of ether oxygens (including phenoxy) is 1. The molecule has 0 aliphatic rings. The van der Waals surface area contributed by atoms with E-state index in [1.165, 1.54) is 0 Å². The van der Waals surface area contributed by atoms with E-state index in [1.54, 1.807) is 4.57 Å². The van der Waals surface area contributed by atoms with Gasteiger partial charge in [0, 0.05) is 20.9 Å². The largest absolute Gasteiger partial charge is 0.361 e. The number of aldehydes is 1. The molecule has 0 amide bonds. The van der Waals surface area contributed by atoms with E-state index in [9.17, 15) is 4.79 Å².